The number of halogens is 5. The number of hydrogen-bond acceptors (Lipinski definition) is 2. The van der Waals surface area contributed by atoms with Crippen molar-refractivity contribution in [2.75, 3.05) is 4.72 Å². The SMILES string of the molecule is O=S(=O)(O)Nc1c(Cl)c(Cl)c(Cl)c(Cl)c1Cl. The van der Waals surface area contributed by atoms with Gasteiger partial charge in [0.2, 0.25) is 0 Å². The second-order valence-corrected chi connectivity index (χ2v) is 5.57. The van der Waals surface area contributed by atoms with Gasteiger partial charge in [-0.3, -0.25) is 9.27 Å². The van der Waals surface area contributed by atoms with Crippen LogP contribution in [0.2, 0.25) is 25.1 Å². The van der Waals surface area contributed by atoms with Crippen LogP contribution in [-0.4, -0.2) is 13.0 Å². The summed E-state index contributed by atoms with van der Waals surface area (Å²) in [6, 6.07) is 0. The van der Waals surface area contributed by atoms with Gasteiger partial charge in [-0.1, -0.05) is 58.0 Å². The monoisotopic (exact) mass is 343 g/mol. The molecule has 0 amide bonds. The molecule has 2 N–H and O–H groups in total. The van der Waals surface area contributed by atoms with Crippen LogP contribution in [0, 0.1) is 0 Å². The fourth-order valence-electron chi connectivity index (χ4n) is 0.823. The summed E-state index contributed by atoms with van der Waals surface area (Å²) in [5.74, 6) is 0. The summed E-state index contributed by atoms with van der Waals surface area (Å²) in [4.78, 5) is 0. The largest absolute Gasteiger partial charge is 0.357 e. The van der Waals surface area contributed by atoms with Crippen molar-refractivity contribution in [3.8, 4) is 0 Å². The fourth-order valence-corrected chi connectivity index (χ4v) is 2.63. The normalized spacial score (nSPS) is 11.6. The van der Waals surface area contributed by atoms with Crippen molar-refractivity contribution < 1.29 is 13.0 Å². The Bertz CT molecular complexity index is 515. The average Bonchev–Trinajstić information content (AvgIpc) is 2.17. The maximum absolute atomic E-state index is 10.6. The lowest BCUT2D eigenvalue weighted by Crippen LogP contribution is -2.11. The van der Waals surface area contributed by atoms with Crippen LogP contribution >= 0.6 is 58.0 Å². The van der Waals surface area contributed by atoms with Crippen LogP contribution in [0.15, 0.2) is 0 Å². The van der Waals surface area contributed by atoms with Crippen molar-refractivity contribution >= 4 is 74.0 Å². The van der Waals surface area contributed by atoms with E-state index in [0.29, 0.717) is 0 Å². The summed E-state index contributed by atoms with van der Waals surface area (Å²) >= 11 is 28.4. The third-order valence-electron chi connectivity index (χ3n) is 1.44. The van der Waals surface area contributed by atoms with Crippen LogP contribution in [0.4, 0.5) is 5.69 Å². The van der Waals surface area contributed by atoms with E-state index in [1.807, 2.05) is 0 Å². The molecular formula is C6H2Cl5NO3S. The summed E-state index contributed by atoms with van der Waals surface area (Å²) in [7, 11) is -4.55. The predicted octanol–water partition coefficient (Wildman–Crippen LogP) is 4.17. The number of hydrogen-bond donors (Lipinski definition) is 2. The van der Waals surface area contributed by atoms with E-state index in [1.165, 1.54) is 0 Å². The Labute approximate surface area is 116 Å². The van der Waals surface area contributed by atoms with E-state index >= 15 is 0 Å². The smallest absolute Gasteiger partial charge is 0.269 e. The molecule has 0 atom stereocenters. The fraction of sp³-hybridized carbons (Fsp3) is 0. The summed E-state index contributed by atoms with van der Waals surface area (Å²) in [6.45, 7) is 0. The second kappa shape index (κ2) is 4.94. The number of benzene rings is 1. The Morgan fingerprint density at radius 2 is 1.12 bits per heavy atom. The van der Waals surface area contributed by atoms with Gasteiger partial charge in [0.05, 0.1) is 30.8 Å². The van der Waals surface area contributed by atoms with E-state index in [0.717, 1.165) is 0 Å². The minimum atomic E-state index is -4.55. The molecule has 16 heavy (non-hydrogen) atoms. The van der Waals surface area contributed by atoms with E-state index in [1.54, 1.807) is 4.72 Å². The Kier molecular flexibility index (Phi) is 4.46. The van der Waals surface area contributed by atoms with Gasteiger partial charge in [-0.05, 0) is 0 Å². The Morgan fingerprint density at radius 3 is 1.44 bits per heavy atom. The molecule has 0 aliphatic carbocycles. The molecule has 0 spiro atoms. The first-order chi connectivity index (χ1) is 7.15. The van der Waals surface area contributed by atoms with Gasteiger partial charge in [-0.25, -0.2) is 0 Å². The molecule has 1 aromatic carbocycles. The topological polar surface area (TPSA) is 66.4 Å². The maximum Gasteiger partial charge on any atom is 0.357 e. The molecule has 10 heteroatoms. The average molecular weight is 345 g/mol. The predicted molar refractivity (Wildman–Crippen MR) is 66.7 cm³/mol. The van der Waals surface area contributed by atoms with Crippen molar-refractivity contribution in [1.29, 1.82) is 0 Å². The van der Waals surface area contributed by atoms with Gasteiger partial charge < -0.3 is 0 Å². The molecule has 0 saturated heterocycles. The summed E-state index contributed by atoms with van der Waals surface area (Å²) < 4.78 is 31.5. The molecule has 0 fully saturated rings. The lowest BCUT2D eigenvalue weighted by Gasteiger charge is -2.12. The lowest BCUT2D eigenvalue weighted by atomic mass is 10.3. The molecule has 0 heterocycles. The Balaban J connectivity index is 3.52. The summed E-state index contributed by atoms with van der Waals surface area (Å²) in [6.07, 6.45) is 0. The summed E-state index contributed by atoms with van der Waals surface area (Å²) in [5, 5.41) is -0.996. The number of nitrogens with one attached hydrogen (secondary N) is 1. The van der Waals surface area contributed by atoms with Crippen LogP contribution in [-0.2, 0) is 10.3 Å². The highest BCUT2D eigenvalue weighted by molar-refractivity contribution is 7.87. The molecule has 1 rings (SSSR count). The standard InChI is InChI=1S/C6H2Cl5NO3S/c7-1-2(8)4(10)6(5(11)3(1)9)12-16(13,14)15/h12H,(H,13,14,15). The zero-order valence-electron chi connectivity index (χ0n) is 7.06. The first kappa shape index (κ1) is 14.4. The molecule has 0 saturated carbocycles. The van der Waals surface area contributed by atoms with Crippen molar-refractivity contribution in [3.63, 3.8) is 0 Å². The van der Waals surface area contributed by atoms with Gasteiger partial charge in [0.15, 0.2) is 0 Å². The molecule has 0 unspecified atom stereocenters. The van der Waals surface area contributed by atoms with E-state index < -0.39 is 10.3 Å². The molecular weight excluding hydrogens is 343 g/mol. The zero-order valence-corrected chi connectivity index (χ0v) is 11.7. The van der Waals surface area contributed by atoms with Gasteiger partial charge in [0.1, 0.15) is 0 Å². The number of rotatable bonds is 2. The number of anilines is 1. The molecule has 0 aromatic heterocycles. The lowest BCUT2D eigenvalue weighted by molar-refractivity contribution is 0.490. The van der Waals surface area contributed by atoms with Gasteiger partial charge in [-0.2, -0.15) is 8.42 Å². The quantitative estimate of drug-likeness (QED) is 0.480. The third-order valence-corrected chi connectivity index (χ3v) is 4.18. The molecule has 90 valence electrons. The van der Waals surface area contributed by atoms with Crippen LogP contribution in [0.1, 0.15) is 0 Å². The minimum Gasteiger partial charge on any atom is -0.269 e. The van der Waals surface area contributed by atoms with Crippen molar-refractivity contribution in [3.05, 3.63) is 25.1 Å². The van der Waals surface area contributed by atoms with Crippen LogP contribution in [0.5, 0.6) is 0 Å². The van der Waals surface area contributed by atoms with Gasteiger partial charge in [0.25, 0.3) is 0 Å². The van der Waals surface area contributed by atoms with Gasteiger partial charge in [0, 0.05) is 0 Å². The van der Waals surface area contributed by atoms with E-state index in [2.05, 4.69) is 0 Å². The molecule has 0 aliphatic heterocycles. The highest BCUT2D eigenvalue weighted by Crippen LogP contribution is 2.46. The van der Waals surface area contributed by atoms with Crippen molar-refractivity contribution in [2.45, 2.75) is 0 Å². The summed E-state index contributed by atoms with van der Waals surface area (Å²) in [5.41, 5.74) is -0.342. The molecule has 0 bridgehead atoms. The zero-order chi connectivity index (χ0) is 12.7. The third kappa shape index (κ3) is 2.98. The van der Waals surface area contributed by atoms with E-state index in [-0.39, 0.29) is 30.8 Å². The Morgan fingerprint density at radius 1 is 0.812 bits per heavy atom. The first-order valence-electron chi connectivity index (χ1n) is 3.41. The second-order valence-electron chi connectivity index (χ2n) is 2.52. The highest BCUT2D eigenvalue weighted by atomic mass is 35.5. The van der Waals surface area contributed by atoms with Gasteiger partial charge >= 0.3 is 10.3 Å². The van der Waals surface area contributed by atoms with Crippen LogP contribution in [0.3, 0.4) is 0 Å². The van der Waals surface area contributed by atoms with E-state index in [4.69, 9.17) is 62.6 Å². The van der Waals surface area contributed by atoms with Crippen molar-refractivity contribution in [1.82, 2.24) is 0 Å². The maximum atomic E-state index is 10.6. The minimum absolute atomic E-state index is 0.112. The molecule has 1 aromatic rings. The van der Waals surface area contributed by atoms with Gasteiger partial charge in [-0.15, -0.1) is 0 Å². The first-order valence-corrected chi connectivity index (χ1v) is 6.74. The van der Waals surface area contributed by atoms with Crippen molar-refractivity contribution in [2.24, 2.45) is 0 Å². The molecule has 0 aliphatic rings. The highest BCUT2D eigenvalue weighted by Gasteiger charge is 2.21. The van der Waals surface area contributed by atoms with Crippen LogP contribution < -0.4 is 4.72 Å². The van der Waals surface area contributed by atoms with E-state index in [9.17, 15) is 8.42 Å². The molecule has 0 radical (unpaired) electrons. The molecule has 4 nitrogen and oxygen atoms in total. The Hall–Kier alpha value is 0.380. The van der Waals surface area contributed by atoms with Crippen LogP contribution in [0.25, 0.3) is 0 Å².